The molecule has 0 aromatic carbocycles. The van der Waals surface area contributed by atoms with Crippen LogP contribution in [0.15, 0.2) is 18.3 Å². The lowest BCUT2D eigenvalue weighted by Gasteiger charge is -2.24. The van der Waals surface area contributed by atoms with Crippen LogP contribution in [-0.2, 0) is 0 Å². The molecule has 1 N–H and O–H groups in total. The van der Waals surface area contributed by atoms with E-state index in [0.29, 0.717) is 11.2 Å². The van der Waals surface area contributed by atoms with Crippen LogP contribution in [0.1, 0.15) is 19.8 Å². The molecule has 0 amide bonds. The number of hydrogen-bond acceptors (Lipinski definition) is 3. The van der Waals surface area contributed by atoms with Crippen LogP contribution in [0.2, 0.25) is 5.15 Å². The summed E-state index contributed by atoms with van der Waals surface area (Å²) in [7, 11) is 0. The van der Waals surface area contributed by atoms with Gasteiger partial charge in [0.2, 0.25) is 0 Å². The second-order valence-corrected chi connectivity index (χ2v) is 4.73. The molecular weight excluding hydrogens is 222 g/mol. The lowest BCUT2D eigenvalue weighted by Crippen LogP contribution is -2.35. The number of nitrogens with zero attached hydrogens (tertiary/aromatic N) is 2. The molecule has 1 unspecified atom stereocenters. The standard InChI is InChI=1S/C12H18ClN3/c1-10(16-6-2-3-7-16)9-15-11-4-5-14-12(13)8-11/h4-5,8,10H,2-3,6-7,9H2,1H3,(H,14,15). The average molecular weight is 240 g/mol. The van der Waals surface area contributed by atoms with Crippen LogP contribution in [0.3, 0.4) is 0 Å². The molecule has 3 nitrogen and oxygen atoms in total. The molecular formula is C12H18ClN3. The maximum atomic E-state index is 5.83. The number of likely N-dealkylation sites (tertiary alicyclic amines) is 1. The minimum atomic E-state index is 0.541. The summed E-state index contributed by atoms with van der Waals surface area (Å²) in [5, 5.41) is 3.94. The highest BCUT2D eigenvalue weighted by Crippen LogP contribution is 2.14. The fourth-order valence-corrected chi connectivity index (χ4v) is 2.26. The molecule has 2 heterocycles. The van der Waals surface area contributed by atoms with Crippen LogP contribution in [0.25, 0.3) is 0 Å². The van der Waals surface area contributed by atoms with Gasteiger partial charge < -0.3 is 5.32 Å². The van der Waals surface area contributed by atoms with Crippen molar-refractivity contribution in [1.82, 2.24) is 9.88 Å². The number of anilines is 1. The van der Waals surface area contributed by atoms with Crippen LogP contribution >= 0.6 is 11.6 Å². The van der Waals surface area contributed by atoms with E-state index in [4.69, 9.17) is 11.6 Å². The molecule has 2 rings (SSSR count). The van der Waals surface area contributed by atoms with Crippen LogP contribution in [0.5, 0.6) is 0 Å². The molecule has 0 radical (unpaired) electrons. The van der Waals surface area contributed by atoms with Gasteiger partial charge in [0.15, 0.2) is 0 Å². The number of pyridine rings is 1. The first kappa shape index (κ1) is 11.7. The molecule has 1 aromatic heterocycles. The first-order valence-electron chi connectivity index (χ1n) is 5.85. The van der Waals surface area contributed by atoms with E-state index in [1.807, 2.05) is 12.1 Å². The molecule has 4 heteroatoms. The van der Waals surface area contributed by atoms with Gasteiger partial charge in [-0.1, -0.05) is 11.6 Å². The van der Waals surface area contributed by atoms with E-state index in [0.717, 1.165) is 12.2 Å². The van der Waals surface area contributed by atoms with E-state index in [9.17, 15) is 0 Å². The minimum absolute atomic E-state index is 0.541. The smallest absolute Gasteiger partial charge is 0.131 e. The Morgan fingerprint density at radius 1 is 1.50 bits per heavy atom. The van der Waals surface area contributed by atoms with Gasteiger partial charge in [-0.15, -0.1) is 0 Å². The number of hydrogen-bond donors (Lipinski definition) is 1. The minimum Gasteiger partial charge on any atom is -0.383 e. The quantitative estimate of drug-likeness (QED) is 0.819. The van der Waals surface area contributed by atoms with Crippen LogP contribution in [-0.4, -0.2) is 35.6 Å². The molecule has 0 saturated carbocycles. The highest BCUT2D eigenvalue weighted by molar-refractivity contribution is 6.29. The van der Waals surface area contributed by atoms with Crippen LogP contribution in [0.4, 0.5) is 5.69 Å². The van der Waals surface area contributed by atoms with Gasteiger partial charge in [0.05, 0.1) is 0 Å². The average Bonchev–Trinajstić information content (AvgIpc) is 2.79. The summed E-state index contributed by atoms with van der Waals surface area (Å²) in [5.41, 5.74) is 1.05. The summed E-state index contributed by atoms with van der Waals surface area (Å²) in [5.74, 6) is 0. The van der Waals surface area contributed by atoms with Gasteiger partial charge in [-0.05, 0) is 45.0 Å². The maximum Gasteiger partial charge on any atom is 0.131 e. The van der Waals surface area contributed by atoms with Gasteiger partial charge in [0.1, 0.15) is 5.15 Å². The van der Waals surface area contributed by atoms with Gasteiger partial charge >= 0.3 is 0 Å². The number of nitrogens with one attached hydrogen (secondary N) is 1. The topological polar surface area (TPSA) is 28.2 Å². The van der Waals surface area contributed by atoms with Crippen molar-refractivity contribution in [3.63, 3.8) is 0 Å². The second-order valence-electron chi connectivity index (χ2n) is 4.34. The molecule has 16 heavy (non-hydrogen) atoms. The molecule has 88 valence electrons. The van der Waals surface area contributed by atoms with Gasteiger partial charge in [0, 0.05) is 24.5 Å². The summed E-state index contributed by atoms with van der Waals surface area (Å²) in [4.78, 5) is 6.48. The SMILES string of the molecule is CC(CNc1ccnc(Cl)c1)N1CCCC1. The Labute approximate surface area is 102 Å². The third-order valence-corrected chi connectivity index (χ3v) is 3.30. The van der Waals surface area contributed by atoms with Gasteiger partial charge in [-0.25, -0.2) is 4.98 Å². The molecule has 1 atom stereocenters. The van der Waals surface area contributed by atoms with E-state index >= 15 is 0 Å². The van der Waals surface area contributed by atoms with Gasteiger partial charge in [-0.3, -0.25) is 4.90 Å². The normalized spacial score (nSPS) is 18.6. The monoisotopic (exact) mass is 239 g/mol. The zero-order valence-electron chi connectivity index (χ0n) is 9.62. The fourth-order valence-electron chi connectivity index (χ4n) is 2.09. The van der Waals surface area contributed by atoms with Crippen molar-refractivity contribution < 1.29 is 0 Å². The Bertz CT molecular complexity index is 337. The lowest BCUT2D eigenvalue weighted by atomic mass is 10.3. The molecule has 0 aliphatic carbocycles. The van der Waals surface area contributed by atoms with Crippen molar-refractivity contribution in [2.75, 3.05) is 25.0 Å². The van der Waals surface area contributed by atoms with Crippen molar-refractivity contribution in [3.8, 4) is 0 Å². The van der Waals surface area contributed by atoms with Gasteiger partial charge in [-0.2, -0.15) is 0 Å². The largest absolute Gasteiger partial charge is 0.383 e. The lowest BCUT2D eigenvalue weighted by molar-refractivity contribution is 0.269. The first-order valence-corrected chi connectivity index (χ1v) is 6.23. The maximum absolute atomic E-state index is 5.83. The molecule has 1 saturated heterocycles. The first-order chi connectivity index (χ1) is 7.75. The molecule has 1 fully saturated rings. The summed E-state index contributed by atoms with van der Waals surface area (Å²) in [6.45, 7) is 5.70. The van der Waals surface area contributed by atoms with Crippen LogP contribution in [0, 0.1) is 0 Å². The molecule has 1 aromatic rings. The summed E-state index contributed by atoms with van der Waals surface area (Å²) in [6, 6.07) is 4.38. The Morgan fingerprint density at radius 2 is 2.25 bits per heavy atom. The Morgan fingerprint density at radius 3 is 2.94 bits per heavy atom. The van der Waals surface area contributed by atoms with Crippen molar-refractivity contribution in [1.29, 1.82) is 0 Å². The van der Waals surface area contributed by atoms with Crippen molar-refractivity contribution in [2.24, 2.45) is 0 Å². The predicted octanol–water partition coefficient (Wildman–Crippen LogP) is 2.63. The zero-order valence-corrected chi connectivity index (χ0v) is 10.4. The third kappa shape index (κ3) is 3.09. The van der Waals surface area contributed by atoms with E-state index in [1.165, 1.54) is 25.9 Å². The van der Waals surface area contributed by atoms with E-state index in [-0.39, 0.29) is 0 Å². The van der Waals surface area contributed by atoms with E-state index < -0.39 is 0 Å². The summed E-state index contributed by atoms with van der Waals surface area (Å²) >= 11 is 5.83. The molecule has 1 aliphatic rings. The summed E-state index contributed by atoms with van der Waals surface area (Å²) in [6.07, 6.45) is 4.40. The van der Waals surface area contributed by atoms with Crippen molar-refractivity contribution in [3.05, 3.63) is 23.5 Å². The van der Waals surface area contributed by atoms with E-state index in [2.05, 4.69) is 22.1 Å². The van der Waals surface area contributed by atoms with E-state index in [1.54, 1.807) is 6.20 Å². The van der Waals surface area contributed by atoms with Crippen LogP contribution < -0.4 is 5.32 Å². The Kier molecular flexibility index (Phi) is 4.02. The number of halogens is 1. The fraction of sp³-hybridized carbons (Fsp3) is 0.583. The van der Waals surface area contributed by atoms with Crippen molar-refractivity contribution >= 4 is 17.3 Å². The van der Waals surface area contributed by atoms with Crippen molar-refractivity contribution in [2.45, 2.75) is 25.8 Å². The summed E-state index contributed by atoms with van der Waals surface area (Å²) < 4.78 is 0. The highest BCUT2D eigenvalue weighted by Gasteiger charge is 2.17. The second kappa shape index (κ2) is 5.51. The third-order valence-electron chi connectivity index (χ3n) is 3.09. The van der Waals surface area contributed by atoms with Gasteiger partial charge in [0.25, 0.3) is 0 Å². The molecule has 0 spiro atoms. The predicted molar refractivity (Wildman–Crippen MR) is 68.0 cm³/mol. The number of aromatic nitrogens is 1. The molecule has 0 bridgehead atoms. The molecule has 1 aliphatic heterocycles. The number of rotatable bonds is 4. The zero-order chi connectivity index (χ0) is 11.4. The Balaban J connectivity index is 1.82. The highest BCUT2D eigenvalue weighted by atomic mass is 35.5. The Hall–Kier alpha value is -0.800.